The molecule has 0 bridgehead atoms. The van der Waals surface area contributed by atoms with E-state index < -0.39 is 0 Å². The first-order valence-electron chi connectivity index (χ1n) is 8.58. The molecular formula is C18H25N5. The van der Waals surface area contributed by atoms with Crippen molar-refractivity contribution in [2.75, 3.05) is 36.0 Å². The maximum Gasteiger partial charge on any atom is 0.134 e. The second-order valence-electron chi connectivity index (χ2n) is 5.99. The third-order valence-electron chi connectivity index (χ3n) is 4.25. The van der Waals surface area contributed by atoms with Gasteiger partial charge in [0.15, 0.2) is 0 Å². The van der Waals surface area contributed by atoms with Gasteiger partial charge in [-0.3, -0.25) is 4.98 Å². The summed E-state index contributed by atoms with van der Waals surface area (Å²) in [5.74, 6) is 2.09. The van der Waals surface area contributed by atoms with Crippen LogP contribution in [0, 0.1) is 0 Å². The summed E-state index contributed by atoms with van der Waals surface area (Å²) < 4.78 is 0. The molecule has 3 rings (SSSR count). The SMILES string of the molecule is CCCN(CCc1ccccn1)c1cc(N2CCCC2)ncn1. The van der Waals surface area contributed by atoms with E-state index in [4.69, 9.17) is 0 Å². The van der Waals surface area contributed by atoms with Crippen molar-refractivity contribution >= 4 is 11.6 Å². The van der Waals surface area contributed by atoms with Crippen LogP contribution in [0.4, 0.5) is 11.6 Å². The molecule has 1 fully saturated rings. The Morgan fingerprint density at radius 3 is 2.70 bits per heavy atom. The highest BCUT2D eigenvalue weighted by Gasteiger charge is 2.16. The molecule has 0 N–H and O–H groups in total. The van der Waals surface area contributed by atoms with E-state index in [9.17, 15) is 0 Å². The summed E-state index contributed by atoms with van der Waals surface area (Å²) >= 11 is 0. The molecule has 0 spiro atoms. The molecule has 1 aliphatic heterocycles. The minimum Gasteiger partial charge on any atom is -0.356 e. The molecule has 0 saturated carbocycles. The normalized spacial score (nSPS) is 14.2. The van der Waals surface area contributed by atoms with Crippen LogP contribution in [0.2, 0.25) is 0 Å². The van der Waals surface area contributed by atoms with E-state index in [2.05, 4.69) is 43.8 Å². The minimum absolute atomic E-state index is 0.932. The Balaban J connectivity index is 1.70. The Bertz CT molecular complexity index is 595. The van der Waals surface area contributed by atoms with Crippen molar-refractivity contribution in [2.24, 2.45) is 0 Å². The molecule has 0 atom stereocenters. The Morgan fingerprint density at radius 2 is 1.96 bits per heavy atom. The summed E-state index contributed by atoms with van der Waals surface area (Å²) in [6.07, 6.45) is 8.12. The van der Waals surface area contributed by atoms with Crippen molar-refractivity contribution in [3.05, 3.63) is 42.5 Å². The van der Waals surface area contributed by atoms with Crippen molar-refractivity contribution in [1.82, 2.24) is 15.0 Å². The summed E-state index contributed by atoms with van der Waals surface area (Å²) in [7, 11) is 0. The van der Waals surface area contributed by atoms with Crippen molar-refractivity contribution in [2.45, 2.75) is 32.6 Å². The van der Waals surface area contributed by atoms with E-state index in [1.54, 1.807) is 6.33 Å². The van der Waals surface area contributed by atoms with Crippen LogP contribution in [0.5, 0.6) is 0 Å². The molecule has 2 aromatic rings. The van der Waals surface area contributed by atoms with Crippen molar-refractivity contribution in [1.29, 1.82) is 0 Å². The second-order valence-corrected chi connectivity index (χ2v) is 5.99. The van der Waals surface area contributed by atoms with Crippen LogP contribution in [0.1, 0.15) is 31.9 Å². The van der Waals surface area contributed by atoms with Gasteiger partial charge in [0.25, 0.3) is 0 Å². The summed E-state index contributed by atoms with van der Waals surface area (Å²) in [4.78, 5) is 18.1. The van der Waals surface area contributed by atoms with Gasteiger partial charge in [-0.15, -0.1) is 0 Å². The Kier molecular flexibility index (Phi) is 5.40. The lowest BCUT2D eigenvalue weighted by Gasteiger charge is -2.24. The summed E-state index contributed by atoms with van der Waals surface area (Å²) in [5, 5.41) is 0. The van der Waals surface area contributed by atoms with E-state index in [1.165, 1.54) is 12.8 Å². The standard InChI is InChI=1S/C18H25N5/c1-2-10-22(13-8-16-7-3-4-9-19-16)17-14-18(21-15-20-17)23-11-5-6-12-23/h3-4,7,9,14-15H,2,5-6,8,10-13H2,1H3. The highest BCUT2D eigenvalue weighted by molar-refractivity contribution is 5.50. The minimum atomic E-state index is 0.932. The molecule has 23 heavy (non-hydrogen) atoms. The van der Waals surface area contributed by atoms with E-state index in [1.807, 2.05) is 18.3 Å². The van der Waals surface area contributed by atoms with Gasteiger partial charge >= 0.3 is 0 Å². The number of hydrogen-bond donors (Lipinski definition) is 0. The van der Waals surface area contributed by atoms with Crippen LogP contribution in [0.25, 0.3) is 0 Å². The van der Waals surface area contributed by atoms with Gasteiger partial charge in [0.05, 0.1) is 0 Å². The molecule has 0 unspecified atom stereocenters. The summed E-state index contributed by atoms with van der Waals surface area (Å²) in [5.41, 5.74) is 1.13. The quantitative estimate of drug-likeness (QED) is 0.786. The monoisotopic (exact) mass is 311 g/mol. The van der Waals surface area contributed by atoms with Crippen LogP contribution in [0.3, 0.4) is 0 Å². The van der Waals surface area contributed by atoms with Crippen molar-refractivity contribution < 1.29 is 0 Å². The highest BCUT2D eigenvalue weighted by Crippen LogP contribution is 2.21. The number of hydrogen-bond acceptors (Lipinski definition) is 5. The lowest BCUT2D eigenvalue weighted by Crippen LogP contribution is -2.28. The largest absolute Gasteiger partial charge is 0.356 e. The fourth-order valence-electron chi connectivity index (χ4n) is 3.04. The number of anilines is 2. The zero-order valence-electron chi connectivity index (χ0n) is 13.9. The van der Waals surface area contributed by atoms with Gasteiger partial charge in [-0.1, -0.05) is 13.0 Å². The van der Waals surface area contributed by atoms with Crippen LogP contribution in [-0.4, -0.2) is 41.1 Å². The van der Waals surface area contributed by atoms with E-state index in [0.29, 0.717) is 0 Å². The highest BCUT2D eigenvalue weighted by atomic mass is 15.2. The smallest absolute Gasteiger partial charge is 0.134 e. The zero-order chi connectivity index (χ0) is 15.9. The molecule has 122 valence electrons. The second kappa shape index (κ2) is 7.90. The molecule has 5 heteroatoms. The molecular weight excluding hydrogens is 286 g/mol. The van der Waals surface area contributed by atoms with Gasteiger partial charge in [-0.2, -0.15) is 0 Å². The average molecular weight is 311 g/mol. The van der Waals surface area contributed by atoms with Gasteiger partial charge in [0.1, 0.15) is 18.0 Å². The molecule has 1 saturated heterocycles. The predicted octanol–water partition coefficient (Wildman–Crippen LogP) is 2.93. The predicted molar refractivity (Wildman–Crippen MR) is 93.9 cm³/mol. The van der Waals surface area contributed by atoms with E-state index in [-0.39, 0.29) is 0 Å². The molecule has 5 nitrogen and oxygen atoms in total. The molecule has 0 amide bonds. The Hall–Kier alpha value is -2.17. The third kappa shape index (κ3) is 4.18. The number of aromatic nitrogens is 3. The van der Waals surface area contributed by atoms with Gasteiger partial charge in [0, 0.05) is 50.6 Å². The first-order chi connectivity index (χ1) is 11.4. The van der Waals surface area contributed by atoms with Gasteiger partial charge in [-0.05, 0) is 31.4 Å². The molecule has 3 heterocycles. The fourth-order valence-corrected chi connectivity index (χ4v) is 3.04. The Labute approximate surface area is 138 Å². The first kappa shape index (κ1) is 15.7. The van der Waals surface area contributed by atoms with Gasteiger partial charge in [-0.25, -0.2) is 9.97 Å². The van der Waals surface area contributed by atoms with Crippen molar-refractivity contribution in [3.8, 4) is 0 Å². The molecule has 0 radical (unpaired) electrons. The average Bonchev–Trinajstić information content (AvgIpc) is 3.14. The maximum atomic E-state index is 4.51. The summed E-state index contributed by atoms with van der Waals surface area (Å²) in [6.45, 7) is 6.36. The van der Waals surface area contributed by atoms with Crippen LogP contribution in [0.15, 0.2) is 36.8 Å². The molecule has 0 aliphatic carbocycles. The van der Waals surface area contributed by atoms with E-state index in [0.717, 1.165) is 56.4 Å². The maximum absolute atomic E-state index is 4.51. The number of nitrogens with zero attached hydrogens (tertiary/aromatic N) is 5. The molecule has 1 aliphatic rings. The van der Waals surface area contributed by atoms with Gasteiger partial charge < -0.3 is 9.80 Å². The van der Waals surface area contributed by atoms with Crippen molar-refractivity contribution in [3.63, 3.8) is 0 Å². The van der Waals surface area contributed by atoms with E-state index >= 15 is 0 Å². The van der Waals surface area contributed by atoms with Gasteiger partial charge in [0.2, 0.25) is 0 Å². The third-order valence-corrected chi connectivity index (χ3v) is 4.25. The lowest BCUT2D eigenvalue weighted by molar-refractivity contribution is 0.735. The van der Waals surface area contributed by atoms with Crippen LogP contribution >= 0.6 is 0 Å². The van der Waals surface area contributed by atoms with Crippen LogP contribution < -0.4 is 9.80 Å². The zero-order valence-corrected chi connectivity index (χ0v) is 13.9. The first-order valence-corrected chi connectivity index (χ1v) is 8.58. The molecule has 0 aromatic carbocycles. The number of pyridine rings is 1. The summed E-state index contributed by atoms with van der Waals surface area (Å²) in [6, 6.07) is 8.22. The fraction of sp³-hybridized carbons (Fsp3) is 0.500. The number of rotatable bonds is 7. The van der Waals surface area contributed by atoms with Crippen LogP contribution in [-0.2, 0) is 6.42 Å². The topological polar surface area (TPSA) is 45.2 Å². The molecule has 2 aromatic heterocycles. The Morgan fingerprint density at radius 1 is 1.09 bits per heavy atom. The lowest BCUT2D eigenvalue weighted by atomic mass is 10.2.